The smallest absolute Gasteiger partial charge is 0.262 e. The summed E-state index contributed by atoms with van der Waals surface area (Å²) in [5, 5.41) is 6.20. The van der Waals surface area contributed by atoms with E-state index in [0.717, 1.165) is 23.9 Å². The largest absolute Gasteiger partial charge is 0.356 e. The lowest BCUT2D eigenvalue weighted by Crippen LogP contribution is -2.30. The molecule has 0 fully saturated rings. The summed E-state index contributed by atoms with van der Waals surface area (Å²) in [6.45, 7) is 1.26. The number of pyridine rings is 1. The van der Waals surface area contributed by atoms with Crippen LogP contribution in [0.25, 0.3) is 10.9 Å². The first-order valence-electron chi connectivity index (χ1n) is 10.7. The molecule has 0 aliphatic heterocycles. The number of para-hydroxylation sites is 1. The second-order valence-electron chi connectivity index (χ2n) is 7.48. The first-order valence-corrected chi connectivity index (χ1v) is 11.1. The van der Waals surface area contributed by atoms with Crippen LogP contribution in [0.3, 0.4) is 0 Å². The number of H-pyrrole nitrogens is 1. The lowest BCUT2D eigenvalue weighted by atomic mass is 10.2. The summed E-state index contributed by atoms with van der Waals surface area (Å²) in [4.78, 5) is 43.4. The van der Waals surface area contributed by atoms with E-state index in [1.54, 1.807) is 23.0 Å². The Balaban J connectivity index is 1.30. The van der Waals surface area contributed by atoms with Gasteiger partial charge in [0.15, 0.2) is 4.77 Å². The van der Waals surface area contributed by atoms with Crippen molar-refractivity contribution in [3.63, 3.8) is 0 Å². The van der Waals surface area contributed by atoms with Crippen LogP contribution in [0.1, 0.15) is 37.7 Å². The van der Waals surface area contributed by atoms with Crippen LogP contribution in [-0.4, -0.2) is 32.9 Å². The fourth-order valence-electron chi connectivity index (χ4n) is 3.33. The van der Waals surface area contributed by atoms with Gasteiger partial charge in [-0.05, 0) is 54.9 Å². The van der Waals surface area contributed by atoms with Gasteiger partial charge in [-0.3, -0.25) is 23.9 Å². The monoisotopic (exact) mass is 453 g/mol. The van der Waals surface area contributed by atoms with E-state index in [2.05, 4.69) is 20.6 Å². The van der Waals surface area contributed by atoms with Crippen molar-refractivity contribution in [3.8, 4) is 0 Å². The van der Waals surface area contributed by atoms with Crippen molar-refractivity contribution in [2.45, 2.75) is 45.2 Å². The molecule has 0 saturated heterocycles. The average Bonchev–Trinajstić information content (AvgIpc) is 2.80. The van der Waals surface area contributed by atoms with Gasteiger partial charge in [0.2, 0.25) is 11.8 Å². The van der Waals surface area contributed by atoms with Crippen LogP contribution >= 0.6 is 12.2 Å². The van der Waals surface area contributed by atoms with Gasteiger partial charge in [-0.25, -0.2) is 0 Å². The molecule has 3 rings (SSSR count). The first kappa shape index (κ1) is 23.3. The van der Waals surface area contributed by atoms with Gasteiger partial charge < -0.3 is 15.6 Å². The zero-order chi connectivity index (χ0) is 22.8. The van der Waals surface area contributed by atoms with Crippen molar-refractivity contribution in [1.82, 2.24) is 25.2 Å². The Kier molecular flexibility index (Phi) is 8.68. The molecule has 1 aromatic carbocycles. The number of nitrogens with one attached hydrogen (secondary N) is 3. The molecule has 9 heteroatoms. The highest BCUT2D eigenvalue weighted by atomic mass is 32.1. The zero-order valence-electron chi connectivity index (χ0n) is 17.8. The number of amides is 2. The Labute approximate surface area is 191 Å². The average molecular weight is 454 g/mol. The Morgan fingerprint density at radius 1 is 0.969 bits per heavy atom. The van der Waals surface area contributed by atoms with E-state index in [4.69, 9.17) is 12.2 Å². The number of aromatic nitrogens is 3. The van der Waals surface area contributed by atoms with Gasteiger partial charge in [0, 0.05) is 44.9 Å². The summed E-state index contributed by atoms with van der Waals surface area (Å²) >= 11 is 5.31. The highest BCUT2D eigenvalue weighted by molar-refractivity contribution is 7.71. The minimum Gasteiger partial charge on any atom is -0.356 e. The third kappa shape index (κ3) is 6.84. The summed E-state index contributed by atoms with van der Waals surface area (Å²) in [7, 11) is 0. The molecule has 32 heavy (non-hydrogen) atoms. The third-order valence-corrected chi connectivity index (χ3v) is 5.41. The van der Waals surface area contributed by atoms with Gasteiger partial charge in [-0.15, -0.1) is 0 Å². The van der Waals surface area contributed by atoms with Crippen molar-refractivity contribution in [1.29, 1.82) is 0 Å². The number of rotatable bonds is 11. The van der Waals surface area contributed by atoms with Gasteiger partial charge in [0.1, 0.15) is 0 Å². The fourth-order valence-corrected chi connectivity index (χ4v) is 3.61. The van der Waals surface area contributed by atoms with Gasteiger partial charge in [0.05, 0.1) is 10.9 Å². The van der Waals surface area contributed by atoms with Crippen molar-refractivity contribution in [2.24, 2.45) is 0 Å². The van der Waals surface area contributed by atoms with Crippen LogP contribution < -0.4 is 16.2 Å². The molecule has 0 bridgehead atoms. The molecule has 0 aliphatic carbocycles. The van der Waals surface area contributed by atoms with Crippen molar-refractivity contribution >= 4 is 34.9 Å². The summed E-state index contributed by atoms with van der Waals surface area (Å²) in [5.41, 5.74) is 1.62. The molecule has 168 valence electrons. The maximum Gasteiger partial charge on any atom is 0.262 e. The van der Waals surface area contributed by atoms with E-state index in [1.807, 2.05) is 30.3 Å². The molecule has 0 atom stereocenters. The second kappa shape index (κ2) is 11.9. The van der Waals surface area contributed by atoms with Gasteiger partial charge >= 0.3 is 0 Å². The van der Waals surface area contributed by atoms with Crippen LogP contribution in [0, 0.1) is 4.77 Å². The number of carbonyl (C=O) groups excluding carboxylic acids is 2. The number of hydrogen-bond acceptors (Lipinski definition) is 5. The quantitative estimate of drug-likeness (QED) is 0.306. The molecule has 0 saturated carbocycles. The van der Waals surface area contributed by atoms with Crippen molar-refractivity contribution in [3.05, 3.63) is 69.5 Å². The molecule has 0 spiro atoms. The predicted octanol–water partition coefficient (Wildman–Crippen LogP) is 2.84. The standard InChI is InChI=1S/C23H27N5O3S/c29-20(25-14-11-21(30)26-16-17-9-12-24-13-10-17)8-2-1-5-15-28-22(31)18-6-3-4-7-19(18)27-23(28)32/h3-4,6-7,9-10,12-13H,1-2,5,8,11,14-16H2,(H,25,29)(H,26,30)(H,27,32). The number of carbonyl (C=O) groups is 2. The van der Waals surface area contributed by atoms with Crippen LogP contribution in [0.15, 0.2) is 53.6 Å². The lowest BCUT2D eigenvalue weighted by Gasteiger charge is -2.08. The van der Waals surface area contributed by atoms with E-state index in [1.165, 1.54) is 0 Å². The van der Waals surface area contributed by atoms with Gasteiger partial charge in [-0.1, -0.05) is 18.6 Å². The van der Waals surface area contributed by atoms with E-state index in [-0.39, 0.29) is 23.8 Å². The maximum atomic E-state index is 12.6. The maximum absolute atomic E-state index is 12.6. The molecule has 3 N–H and O–H groups in total. The number of unbranched alkanes of at least 4 members (excludes halogenated alkanes) is 2. The second-order valence-corrected chi connectivity index (χ2v) is 7.86. The number of benzene rings is 1. The molecule has 0 radical (unpaired) electrons. The van der Waals surface area contributed by atoms with Crippen LogP contribution in [0.5, 0.6) is 0 Å². The molecule has 0 unspecified atom stereocenters. The van der Waals surface area contributed by atoms with Crippen LogP contribution in [0.4, 0.5) is 0 Å². The Bertz CT molecular complexity index is 1170. The van der Waals surface area contributed by atoms with Gasteiger partial charge in [-0.2, -0.15) is 0 Å². The van der Waals surface area contributed by atoms with E-state index >= 15 is 0 Å². The number of fused-ring (bicyclic) bond motifs is 1. The molecule has 2 heterocycles. The Morgan fingerprint density at radius 3 is 2.53 bits per heavy atom. The highest BCUT2D eigenvalue weighted by Gasteiger charge is 2.07. The minimum atomic E-state index is -0.112. The molecular formula is C23H27N5O3S. The van der Waals surface area contributed by atoms with Crippen molar-refractivity contribution in [2.75, 3.05) is 6.54 Å². The molecular weight excluding hydrogens is 426 g/mol. The SMILES string of the molecule is O=C(CCCCCn1c(=S)[nH]c2ccccc2c1=O)NCCC(=O)NCc1ccncc1. The topological polar surface area (TPSA) is 109 Å². The minimum absolute atomic E-state index is 0.0768. The first-order chi connectivity index (χ1) is 15.5. The normalized spacial score (nSPS) is 10.8. The lowest BCUT2D eigenvalue weighted by molar-refractivity contribution is -0.122. The summed E-state index contributed by atoms with van der Waals surface area (Å²) < 4.78 is 1.98. The third-order valence-electron chi connectivity index (χ3n) is 5.09. The Hall–Kier alpha value is -3.33. The summed E-state index contributed by atoms with van der Waals surface area (Å²) in [6.07, 6.45) is 6.23. The highest BCUT2D eigenvalue weighted by Crippen LogP contribution is 2.07. The molecule has 3 aromatic rings. The predicted molar refractivity (Wildman–Crippen MR) is 126 cm³/mol. The number of aromatic amines is 1. The van der Waals surface area contributed by atoms with Crippen LogP contribution in [-0.2, 0) is 22.7 Å². The molecule has 2 amide bonds. The summed E-state index contributed by atoms with van der Waals surface area (Å²) in [6, 6.07) is 11.0. The fraction of sp³-hybridized carbons (Fsp3) is 0.348. The molecule has 0 aliphatic rings. The molecule has 2 aromatic heterocycles. The van der Waals surface area contributed by atoms with Crippen molar-refractivity contribution < 1.29 is 9.59 Å². The molecule has 8 nitrogen and oxygen atoms in total. The van der Waals surface area contributed by atoms with E-state index in [9.17, 15) is 14.4 Å². The van der Waals surface area contributed by atoms with Crippen LogP contribution in [0.2, 0.25) is 0 Å². The number of nitrogens with zero attached hydrogens (tertiary/aromatic N) is 2. The van der Waals surface area contributed by atoms with E-state index < -0.39 is 0 Å². The summed E-state index contributed by atoms with van der Waals surface area (Å²) in [5.74, 6) is -0.188. The Morgan fingerprint density at radius 2 is 1.72 bits per heavy atom. The number of hydrogen-bond donors (Lipinski definition) is 3. The van der Waals surface area contributed by atoms with Gasteiger partial charge in [0.25, 0.3) is 5.56 Å². The van der Waals surface area contributed by atoms with E-state index in [0.29, 0.717) is 42.6 Å². The zero-order valence-corrected chi connectivity index (χ0v) is 18.6.